The number of thiophene rings is 1. The van der Waals surface area contributed by atoms with E-state index in [1.54, 1.807) is 11.3 Å². The van der Waals surface area contributed by atoms with Gasteiger partial charge in [-0.25, -0.2) is 0 Å². The predicted octanol–water partition coefficient (Wildman–Crippen LogP) is 4.16. The summed E-state index contributed by atoms with van der Waals surface area (Å²) < 4.78 is 1.91. The van der Waals surface area contributed by atoms with Crippen molar-refractivity contribution in [3.05, 3.63) is 19.8 Å². The first kappa shape index (κ1) is 14.8. The highest BCUT2D eigenvalue weighted by molar-refractivity contribution is 9.10. The highest BCUT2D eigenvalue weighted by Crippen LogP contribution is 2.42. The summed E-state index contributed by atoms with van der Waals surface area (Å²) in [4.78, 5) is 3.98. The van der Waals surface area contributed by atoms with Crippen molar-refractivity contribution >= 4 is 38.9 Å². The molecule has 1 aromatic rings. The lowest BCUT2D eigenvalue weighted by atomic mass is 9.88. The summed E-state index contributed by atoms with van der Waals surface area (Å²) in [5, 5.41) is 3.34. The zero-order valence-corrected chi connectivity index (χ0v) is 14.0. The number of hydrogen-bond acceptors (Lipinski definition) is 3. The number of nitrogens with one attached hydrogen (secondary N) is 1. The van der Waals surface area contributed by atoms with Gasteiger partial charge >= 0.3 is 0 Å². The van der Waals surface area contributed by atoms with Gasteiger partial charge in [-0.15, -0.1) is 11.3 Å². The smallest absolute Gasteiger partial charge is 0.107 e. The highest BCUT2D eigenvalue weighted by atomic mass is 79.9. The van der Waals surface area contributed by atoms with Crippen molar-refractivity contribution in [2.75, 3.05) is 26.7 Å². The van der Waals surface area contributed by atoms with Crippen LogP contribution in [0.25, 0.3) is 0 Å². The molecule has 1 aliphatic heterocycles. The standard InChI is InChI=1S/C13H20BrClN2S/c1-3-17-6-4-5-9(8-16-2)12(17)11-7-10(14)13(15)18-11/h7,9,12,16H,3-6,8H2,1-2H3. The largest absolute Gasteiger partial charge is 0.319 e. The molecular weight excluding hydrogens is 332 g/mol. The maximum Gasteiger partial charge on any atom is 0.107 e. The maximum absolute atomic E-state index is 6.20. The average molecular weight is 352 g/mol. The fraction of sp³-hybridized carbons (Fsp3) is 0.692. The third-order valence-corrected chi connectivity index (χ3v) is 6.23. The van der Waals surface area contributed by atoms with Crippen LogP contribution in [0.3, 0.4) is 0 Å². The van der Waals surface area contributed by atoms with Gasteiger partial charge in [0.25, 0.3) is 0 Å². The molecule has 1 fully saturated rings. The van der Waals surface area contributed by atoms with E-state index in [1.165, 1.54) is 24.3 Å². The van der Waals surface area contributed by atoms with E-state index in [2.05, 4.69) is 39.1 Å². The van der Waals surface area contributed by atoms with Gasteiger partial charge in [-0.2, -0.15) is 0 Å². The van der Waals surface area contributed by atoms with Crippen LogP contribution in [-0.2, 0) is 0 Å². The first-order valence-corrected chi connectivity index (χ1v) is 8.49. The third-order valence-electron chi connectivity index (χ3n) is 3.69. The summed E-state index contributed by atoms with van der Waals surface area (Å²) in [5.74, 6) is 0.685. The van der Waals surface area contributed by atoms with E-state index in [9.17, 15) is 0 Å². The Labute approximate surface area is 127 Å². The van der Waals surface area contributed by atoms with Crippen LogP contribution in [0.4, 0.5) is 0 Å². The highest BCUT2D eigenvalue weighted by Gasteiger charge is 2.32. The number of nitrogens with zero attached hydrogens (tertiary/aromatic N) is 1. The van der Waals surface area contributed by atoms with Gasteiger partial charge in [-0.3, -0.25) is 4.90 Å². The number of rotatable bonds is 4. The molecule has 18 heavy (non-hydrogen) atoms. The minimum atomic E-state index is 0.519. The van der Waals surface area contributed by atoms with Crippen molar-refractivity contribution in [2.45, 2.75) is 25.8 Å². The van der Waals surface area contributed by atoms with Crippen LogP contribution < -0.4 is 5.32 Å². The second-order valence-electron chi connectivity index (χ2n) is 4.80. The molecule has 2 heterocycles. The number of piperidine rings is 1. The van der Waals surface area contributed by atoms with Crippen molar-refractivity contribution in [1.82, 2.24) is 10.2 Å². The minimum absolute atomic E-state index is 0.519. The fourth-order valence-corrected chi connectivity index (χ4v) is 4.87. The Morgan fingerprint density at radius 3 is 2.94 bits per heavy atom. The van der Waals surface area contributed by atoms with Gasteiger partial charge in [0.05, 0.1) is 0 Å². The minimum Gasteiger partial charge on any atom is -0.319 e. The lowest BCUT2D eigenvalue weighted by molar-refractivity contribution is 0.101. The molecule has 2 atom stereocenters. The van der Waals surface area contributed by atoms with Crippen molar-refractivity contribution in [3.8, 4) is 0 Å². The van der Waals surface area contributed by atoms with Gasteiger partial charge in [0.1, 0.15) is 4.34 Å². The molecule has 0 radical (unpaired) electrons. The van der Waals surface area contributed by atoms with Crippen LogP contribution in [0.5, 0.6) is 0 Å². The quantitative estimate of drug-likeness (QED) is 0.876. The Bertz CT molecular complexity index is 375. The Balaban J connectivity index is 2.27. The lowest BCUT2D eigenvalue weighted by Crippen LogP contribution is -2.41. The summed E-state index contributed by atoms with van der Waals surface area (Å²) in [6.07, 6.45) is 2.60. The summed E-state index contributed by atoms with van der Waals surface area (Å²) in [6, 6.07) is 2.72. The second-order valence-corrected chi connectivity index (χ2v) is 7.34. The van der Waals surface area contributed by atoms with E-state index in [0.29, 0.717) is 12.0 Å². The lowest BCUT2D eigenvalue weighted by Gasteiger charge is -2.40. The number of hydrogen-bond donors (Lipinski definition) is 1. The van der Waals surface area contributed by atoms with Gasteiger partial charge in [0.2, 0.25) is 0 Å². The summed E-state index contributed by atoms with van der Waals surface area (Å²) in [7, 11) is 2.04. The molecule has 2 rings (SSSR count). The van der Waals surface area contributed by atoms with Crippen LogP contribution in [-0.4, -0.2) is 31.6 Å². The number of halogens is 2. The van der Waals surface area contributed by atoms with Gasteiger partial charge in [0.15, 0.2) is 0 Å². The van der Waals surface area contributed by atoms with Gasteiger partial charge < -0.3 is 5.32 Å². The molecule has 2 nitrogen and oxygen atoms in total. The van der Waals surface area contributed by atoms with Crippen LogP contribution in [0, 0.1) is 5.92 Å². The molecule has 0 saturated carbocycles. The van der Waals surface area contributed by atoms with Crippen molar-refractivity contribution in [1.29, 1.82) is 0 Å². The molecule has 2 unspecified atom stereocenters. The van der Waals surface area contributed by atoms with E-state index in [-0.39, 0.29) is 0 Å². The topological polar surface area (TPSA) is 15.3 Å². The molecule has 0 spiro atoms. The van der Waals surface area contributed by atoms with Gasteiger partial charge in [-0.1, -0.05) is 18.5 Å². The molecular formula is C13H20BrClN2S. The van der Waals surface area contributed by atoms with Crippen molar-refractivity contribution in [2.24, 2.45) is 5.92 Å². The first-order chi connectivity index (χ1) is 8.67. The molecule has 102 valence electrons. The van der Waals surface area contributed by atoms with Crippen LogP contribution >= 0.6 is 38.9 Å². The molecule has 0 aromatic carbocycles. The van der Waals surface area contributed by atoms with Gasteiger partial charge in [-0.05, 0) is 67.4 Å². The Morgan fingerprint density at radius 1 is 1.61 bits per heavy atom. The van der Waals surface area contributed by atoms with Crippen LogP contribution in [0.1, 0.15) is 30.7 Å². The van der Waals surface area contributed by atoms with Crippen LogP contribution in [0.2, 0.25) is 4.34 Å². The Morgan fingerprint density at radius 2 is 2.39 bits per heavy atom. The average Bonchev–Trinajstić information content (AvgIpc) is 2.69. The molecule has 1 aromatic heterocycles. The molecule has 0 aliphatic carbocycles. The van der Waals surface area contributed by atoms with E-state index >= 15 is 0 Å². The maximum atomic E-state index is 6.20. The molecule has 1 aliphatic rings. The normalized spacial score (nSPS) is 25.6. The van der Waals surface area contributed by atoms with Crippen molar-refractivity contribution < 1.29 is 0 Å². The molecule has 0 amide bonds. The summed E-state index contributed by atoms with van der Waals surface area (Å²) in [5.41, 5.74) is 0. The van der Waals surface area contributed by atoms with Crippen LogP contribution in [0.15, 0.2) is 10.5 Å². The van der Waals surface area contributed by atoms with Gasteiger partial charge in [0, 0.05) is 15.4 Å². The third kappa shape index (κ3) is 3.10. The fourth-order valence-electron chi connectivity index (χ4n) is 2.90. The molecule has 1 saturated heterocycles. The number of likely N-dealkylation sites (tertiary alicyclic amines) is 1. The zero-order chi connectivity index (χ0) is 13.1. The van der Waals surface area contributed by atoms with E-state index < -0.39 is 0 Å². The Kier molecular flexibility index (Phi) is 5.51. The predicted molar refractivity (Wildman–Crippen MR) is 83.7 cm³/mol. The first-order valence-electron chi connectivity index (χ1n) is 6.50. The monoisotopic (exact) mass is 350 g/mol. The molecule has 0 bridgehead atoms. The molecule has 1 N–H and O–H groups in total. The molecule has 5 heteroatoms. The van der Waals surface area contributed by atoms with Crippen molar-refractivity contribution in [3.63, 3.8) is 0 Å². The Hall–Kier alpha value is 0.390. The SMILES string of the molecule is CCN1CCCC(CNC)C1c1cc(Br)c(Cl)s1. The van der Waals surface area contributed by atoms with E-state index in [1.807, 2.05) is 7.05 Å². The van der Waals surface area contributed by atoms with E-state index in [4.69, 9.17) is 11.6 Å². The van der Waals surface area contributed by atoms with E-state index in [0.717, 1.165) is 21.9 Å². The second kappa shape index (κ2) is 6.71. The zero-order valence-electron chi connectivity index (χ0n) is 10.9. The summed E-state index contributed by atoms with van der Waals surface area (Å²) >= 11 is 11.4. The summed E-state index contributed by atoms with van der Waals surface area (Å²) in [6.45, 7) is 5.64.